The Morgan fingerprint density at radius 1 is 1.39 bits per heavy atom. The average molecular weight is 323 g/mol. The van der Waals surface area contributed by atoms with Gasteiger partial charge in [0.1, 0.15) is 11.4 Å². The highest BCUT2D eigenvalue weighted by Crippen LogP contribution is 2.32. The molecule has 1 amide bonds. The minimum atomic E-state index is -1.26. The molecule has 1 atom stereocenters. The summed E-state index contributed by atoms with van der Waals surface area (Å²) in [4.78, 5) is 23.7. The molecule has 1 aromatic carbocycles. The first-order chi connectivity index (χ1) is 10.8. The quantitative estimate of drug-likeness (QED) is 0.776. The normalized spacial score (nSPS) is 25.6. The lowest BCUT2D eigenvalue weighted by molar-refractivity contribution is -0.150. The molecule has 0 aromatic heterocycles. The van der Waals surface area contributed by atoms with Gasteiger partial charge in [-0.15, -0.1) is 0 Å². The van der Waals surface area contributed by atoms with Crippen LogP contribution in [0.5, 0.6) is 0 Å². The molecule has 0 saturated heterocycles. The number of aliphatic hydroxyl groups is 1. The van der Waals surface area contributed by atoms with Gasteiger partial charge in [-0.05, 0) is 49.3 Å². The molecule has 0 aliphatic heterocycles. The second kappa shape index (κ2) is 7.08. The summed E-state index contributed by atoms with van der Waals surface area (Å²) in [7, 11) is 0. The van der Waals surface area contributed by atoms with Crippen molar-refractivity contribution >= 4 is 11.9 Å². The lowest BCUT2D eigenvalue weighted by Gasteiger charge is -2.36. The van der Waals surface area contributed by atoms with Crippen LogP contribution in [0.1, 0.15) is 50.7 Å². The van der Waals surface area contributed by atoms with Crippen LogP contribution in [0.15, 0.2) is 24.3 Å². The minimum Gasteiger partial charge on any atom is -0.480 e. The summed E-state index contributed by atoms with van der Waals surface area (Å²) < 4.78 is 13.2. The van der Waals surface area contributed by atoms with Gasteiger partial charge in [0.25, 0.3) is 0 Å². The van der Waals surface area contributed by atoms with Crippen LogP contribution in [0.3, 0.4) is 0 Å². The maximum absolute atomic E-state index is 13.2. The van der Waals surface area contributed by atoms with Gasteiger partial charge in [0, 0.05) is 0 Å². The number of rotatable bonds is 5. The number of hydrogen-bond donors (Lipinski definition) is 3. The third-order valence-electron chi connectivity index (χ3n) is 4.53. The van der Waals surface area contributed by atoms with Gasteiger partial charge in [0.05, 0.1) is 12.5 Å². The van der Waals surface area contributed by atoms with Gasteiger partial charge in [0.2, 0.25) is 5.91 Å². The fourth-order valence-electron chi connectivity index (χ4n) is 2.97. The second-order valence-electron chi connectivity index (χ2n) is 6.39. The molecule has 126 valence electrons. The van der Waals surface area contributed by atoms with Crippen LogP contribution >= 0.6 is 0 Å². The fourth-order valence-corrected chi connectivity index (χ4v) is 2.97. The van der Waals surface area contributed by atoms with Crippen LogP contribution < -0.4 is 5.32 Å². The molecule has 1 unspecified atom stereocenters. The van der Waals surface area contributed by atoms with E-state index in [2.05, 4.69) is 12.2 Å². The van der Waals surface area contributed by atoms with Gasteiger partial charge in [0.15, 0.2) is 0 Å². The number of carbonyl (C=O) groups is 2. The number of carbonyl (C=O) groups excluding carboxylic acids is 1. The molecule has 0 spiro atoms. The zero-order valence-electron chi connectivity index (χ0n) is 13.1. The minimum absolute atomic E-state index is 0.293. The van der Waals surface area contributed by atoms with Crippen LogP contribution in [0.4, 0.5) is 4.39 Å². The van der Waals surface area contributed by atoms with Gasteiger partial charge in [-0.1, -0.05) is 19.1 Å². The predicted octanol–water partition coefficient (Wildman–Crippen LogP) is 2.40. The van der Waals surface area contributed by atoms with Crippen molar-refractivity contribution in [3.05, 3.63) is 35.6 Å². The van der Waals surface area contributed by atoms with Crippen molar-refractivity contribution in [1.29, 1.82) is 0 Å². The van der Waals surface area contributed by atoms with E-state index >= 15 is 0 Å². The highest BCUT2D eigenvalue weighted by Gasteiger charge is 2.42. The van der Waals surface area contributed by atoms with Crippen LogP contribution in [0, 0.1) is 11.7 Å². The summed E-state index contributed by atoms with van der Waals surface area (Å²) in [5.41, 5.74) is -0.965. The maximum Gasteiger partial charge on any atom is 0.329 e. The van der Waals surface area contributed by atoms with Crippen molar-refractivity contribution in [1.82, 2.24) is 5.32 Å². The molecule has 1 fully saturated rings. The van der Waals surface area contributed by atoms with Crippen LogP contribution in [0.2, 0.25) is 0 Å². The zero-order chi connectivity index (χ0) is 17.0. The molecule has 1 saturated carbocycles. The van der Waals surface area contributed by atoms with Crippen LogP contribution in [-0.2, 0) is 9.59 Å². The van der Waals surface area contributed by atoms with E-state index < -0.39 is 29.3 Å². The number of aliphatic carboxylic acids is 1. The second-order valence-corrected chi connectivity index (χ2v) is 6.39. The van der Waals surface area contributed by atoms with Crippen LogP contribution in [-0.4, -0.2) is 27.6 Å². The predicted molar refractivity (Wildman–Crippen MR) is 82.1 cm³/mol. The lowest BCUT2D eigenvalue weighted by Crippen LogP contribution is -2.56. The number of benzene rings is 1. The first kappa shape index (κ1) is 17.4. The molecular formula is C17H22FNO4. The van der Waals surface area contributed by atoms with Crippen molar-refractivity contribution < 1.29 is 24.2 Å². The largest absolute Gasteiger partial charge is 0.480 e. The van der Waals surface area contributed by atoms with E-state index in [1.807, 2.05) is 0 Å². The molecule has 5 nitrogen and oxygen atoms in total. The summed E-state index contributed by atoms with van der Waals surface area (Å²) in [6.45, 7) is 2.06. The number of halogens is 1. The van der Waals surface area contributed by atoms with Crippen LogP contribution in [0.25, 0.3) is 0 Å². The highest BCUT2D eigenvalue weighted by atomic mass is 19.1. The SMILES string of the molecule is CC1CCC(NC(=O)CC(O)c2cccc(F)c2)(C(=O)O)CC1. The summed E-state index contributed by atoms with van der Waals surface area (Å²) in [5.74, 6) is -1.64. The topological polar surface area (TPSA) is 86.6 Å². The van der Waals surface area contributed by atoms with E-state index in [1.54, 1.807) is 0 Å². The Hall–Kier alpha value is -1.95. The smallest absolute Gasteiger partial charge is 0.329 e. The number of aliphatic hydroxyl groups excluding tert-OH is 1. The molecule has 0 heterocycles. The molecular weight excluding hydrogens is 301 g/mol. The van der Waals surface area contributed by atoms with Gasteiger partial charge >= 0.3 is 5.97 Å². The van der Waals surface area contributed by atoms with Gasteiger partial charge in [-0.3, -0.25) is 4.79 Å². The molecule has 1 aliphatic carbocycles. The van der Waals surface area contributed by atoms with Crippen molar-refractivity contribution in [2.75, 3.05) is 0 Å². The molecule has 1 aliphatic rings. The van der Waals surface area contributed by atoms with Crippen molar-refractivity contribution in [2.45, 2.75) is 50.7 Å². The summed E-state index contributed by atoms with van der Waals surface area (Å²) in [6, 6.07) is 5.38. The van der Waals surface area contributed by atoms with E-state index in [4.69, 9.17) is 0 Å². The van der Waals surface area contributed by atoms with Gasteiger partial charge in [-0.2, -0.15) is 0 Å². The van der Waals surface area contributed by atoms with E-state index in [0.29, 0.717) is 24.3 Å². The number of hydrogen-bond acceptors (Lipinski definition) is 3. The van der Waals surface area contributed by atoms with E-state index in [0.717, 1.165) is 18.9 Å². The van der Waals surface area contributed by atoms with Crippen molar-refractivity contribution in [3.63, 3.8) is 0 Å². The molecule has 1 aromatic rings. The Kier molecular flexibility index (Phi) is 5.36. The van der Waals surface area contributed by atoms with E-state index in [-0.39, 0.29) is 6.42 Å². The third-order valence-corrected chi connectivity index (χ3v) is 4.53. The number of amides is 1. The number of carboxylic acids is 1. The molecule has 2 rings (SSSR count). The molecule has 0 radical (unpaired) electrons. The first-order valence-corrected chi connectivity index (χ1v) is 7.80. The van der Waals surface area contributed by atoms with Gasteiger partial charge < -0.3 is 15.5 Å². The first-order valence-electron chi connectivity index (χ1n) is 7.80. The molecule has 0 bridgehead atoms. The lowest BCUT2D eigenvalue weighted by atomic mass is 9.77. The number of carboxylic acid groups (broad SMARTS) is 1. The number of nitrogens with one attached hydrogen (secondary N) is 1. The Bertz CT molecular complexity index is 582. The van der Waals surface area contributed by atoms with Crippen molar-refractivity contribution in [3.8, 4) is 0 Å². The van der Waals surface area contributed by atoms with E-state index in [1.165, 1.54) is 18.2 Å². The standard InChI is InChI=1S/C17H22FNO4/c1-11-5-7-17(8-6-11,16(22)23)19-15(21)10-14(20)12-3-2-4-13(18)9-12/h2-4,9,11,14,20H,5-8,10H2,1H3,(H,19,21)(H,22,23). The average Bonchev–Trinajstić information content (AvgIpc) is 2.49. The third kappa shape index (κ3) is 4.28. The maximum atomic E-state index is 13.2. The fraction of sp³-hybridized carbons (Fsp3) is 0.529. The Labute approximate surface area is 134 Å². The zero-order valence-corrected chi connectivity index (χ0v) is 13.1. The van der Waals surface area contributed by atoms with E-state index in [9.17, 15) is 24.2 Å². The highest BCUT2D eigenvalue weighted by molar-refractivity contribution is 5.87. The molecule has 6 heteroatoms. The monoisotopic (exact) mass is 323 g/mol. The summed E-state index contributed by atoms with van der Waals surface area (Å²) in [5, 5.41) is 22.1. The Morgan fingerprint density at radius 3 is 2.61 bits per heavy atom. The Balaban J connectivity index is 2.01. The molecule has 3 N–H and O–H groups in total. The van der Waals surface area contributed by atoms with Gasteiger partial charge in [-0.25, -0.2) is 9.18 Å². The summed E-state index contributed by atoms with van der Waals surface area (Å²) >= 11 is 0. The summed E-state index contributed by atoms with van der Waals surface area (Å²) in [6.07, 6.45) is 0.766. The van der Waals surface area contributed by atoms with Crippen molar-refractivity contribution in [2.24, 2.45) is 5.92 Å². The molecule has 23 heavy (non-hydrogen) atoms. The Morgan fingerprint density at radius 2 is 2.04 bits per heavy atom.